The highest BCUT2D eigenvalue weighted by Crippen LogP contribution is 2.43. The molecule has 8 rings (SSSR count). The first-order valence-electron chi connectivity index (χ1n) is 25.4. The highest BCUT2D eigenvalue weighted by atomic mass is 16.5. The molecule has 0 saturated carbocycles. The highest BCUT2D eigenvalue weighted by Gasteiger charge is 2.40. The second-order valence-electron chi connectivity index (χ2n) is 20.9. The number of pyridine rings is 1. The van der Waals surface area contributed by atoms with E-state index in [0.29, 0.717) is 45.3 Å². The molecule has 4 aliphatic rings. The Bertz CT molecular complexity index is 2720. The molecule has 71 heavy (non-hydrogen) atoms. The van der Waals surface area contributed by atoms with Crippen LogP contribution < -0.4 is 16.1 Å². The number of ether oxygens (including phenoxy) is 2. The maximum Gasteiger partial charge on any atom is 0.324 e. The molecule has 4 amide bonds. The third-order valence-corrected chi connectivity index (χ3v) is 14.8. The Morgan fingerprint density at radius 3 is 2.56 bits per heavy atom. The van der Waals surface area contributed by atoms with E-state index in [-0.39, 0.29) is 43.4 Å². The van der Waals surface area contributed by atoms with Gasteiger partial charge in [0.15, 0.2) is 0 Å². The third-order valence-electron chi connectivity index (χ3n) is 14.8. The molecule has 2 aromatic carbocycles. The average Bonchev–Trinajstić information content (AvgIpc) is 3.99. The van der Waals surface area contributed by atoms with Gasteiger partial charge >= 0.3 is 5.97 Å². The van der Waals surface area contributed by atoms with Crippen molar-refractivity contribution in [2.24, 2.45) is 17.3 Å². The van der Waals surface area contributed by atoms with Crippen LogP contribution in [0.1, 0.15) is 95.7 Å². The number of rotatable bonds is 11. The Hall–Kier alpha value is -6.16. The molecule has 4 aliphatic heterocycles. The van der Waals surface area contributed by atoms with Crippen molar-refractivity contribution < 1.29 is 33.4 Å². The summed E-state index contributed by atoms with van der Waals surface area (Å²) < 4.78 is 14.6. The van der Waals surface area contributed by atoms with Gasteiger partial charge in [-0.25, -0.2) is 5.43 Å². The van der Waals surface area contributed by atoms with E-state index in [1.807, 2.05) is 39.1 Å². The number of nitrogens with one attached hydrogen (secondary N) is 3. The molecule has 3 N–H and O–H groups in total. The zero-order valence-corrected chi connectivity index (χ0v) is 42.8. The van der Waals surface area contributed by atoms with Gasteiger partial charge in [-0.1, -0.05) is 70.7 Å². The van der Waals surface area contributed by atoms with Crippen LogP contribution in [0.25, 0.3) is 38.9 Å². The van der Waals surface area contributed by atoms with Gasteiger partial charge in [-0.05, 0) is 116 Å². The second kappa shape index (κ2) is 21.7. The lowest BCUT2D eigenvalue weighted by Gasteiger charge is -2.37. The summed E-state index contributed by atoms with van der Waals surface area (Å²) in [5, 5.41) is 9.04. The molecule has 4 aromatic rings. The molecule has 2 aromatic heterocycles. The lowest BCUT2D eigenvalue weighted by Crippen LogP contribution is -2.62. The number of hydrogen-bond acceptors (Lipinski definition) is 10. The lowest BCUT2D eigenvalue weighted by molar-refractivity contribution is -0.155. The minimum atomic E-state index is -1.06. The Morgan fingerprint density at radius 1 is 1.06 bits per heavy atom. The van der Waals surface area contributed by atoms with Crippen LogP contribution >= 0.6 is 0 Å². The molecule has 0 aliphatic carbocycles. The Kier molecular flexibility index (Phi) is 15.6. The van der Waals surface area contributed by atoms with Crippen LogP contribution in [-0.2, 0) is 52.8 Å². The van der Waals surface area contributed by atoms with Crippen molar-refractivity contribution in [3.05, 3.63) is 95.8 Å². The lowest BCUT2D eigenvalue weighted by atomic mass is 9.83. The van der Waals surface area contributed by atoms with Crippen LogP contribution in [0, 0.1) is 17.3 Å². The van der Waals surface area contributed by atoms with Crippen molar-refractivity contribution in [2.45, 2.75) is 111 Å². The highest BCUT2D eigenvalue weighted by molar-refractivity contribution is 5.96. The summed E-state index contributed by atoms with van der Waals surface area (Å²) in [4.78, 5) is 78.0. The van der Waals surface area contributed by atoms with Gasteiger partial charge in [0.05, 0.1) is 30.0 Å². The van der Waals surface area contributed by atoms with Gasteiger partial charge in [0, 0.05) is 81.4 Å². The van der Waals surface area contributed by atoms with Gasteiger partial charge in [-0.3, -0.25) is 34.0 Å². The fourth-order valence-electron chi connectivity index (χ4n) is 11.0. The molecule has 0 spiro atoms. The molecule has 378 valence electrons. The van der Waals surface area contributed by atoms with Crippen LogP contribution in [0.3, 0.4) is 0 Å². The van der Waals surface area contributed by atoms with E-state index in [1.54, 1.807) is 19.1 Å². The molecule has 15 nitrogen and oxygen atoms in total. The summed E-state index contributed by atoms with van der Waals surface area (Å²) in [6.07, 6.45) is 8.28. The van der Waals surface area contributed by atoms with Gasteiger partial charge in [-0.15, -0.1) is 0 Å². The quantitative estimate of drug-likeness (QED) is 0.110. The van der Waals surface area contributed by atoms with E-state index in [1.165, 1.54) is 21.6 Å². The van der Waals surface area contributed by atoms with Crippen molar-refractivity contribution >= 4 is 46.1 Å². The number of aromatic nitrogens is 2. The molecular weight excluding hydrogens is 897 g/mol. The van der Waals surface area contributed by atoms with Crippen molar-refractivity contribution in [1.82, 2.24) is 40.4 Å². The number of cyclic esters (lactones) is 1. The van der Waals surface area contributed by atoms with Crippen molar-refractivity contribution in [3.63, 3.8) is 0 Å². The van der Waals surface area contributed by atoms with Crippen molar-refractivity contribution in [2.75, 3.05) is 53.5 Å². The number of amides is 4. The van der Waals surface area contributed by atoms with Gasteiger partial charge in [0.1, 0.15) is 18.1 Å². The van der Waals surface area contributed by atoms with Crippen LogP contribution in [0.4, 0.5) is 0 Å². The van der Waals surface area contributed by atoms with Crippen molar-refractivity contribution in [1.29, 1.82) is 0 Å². The topological polar surface area (TPSA) is 167 Å². The summed E-state index contributed by atoms with van der Waals surface area (Å²) in [6.45, 7) is 19.3. The largest absolute Gasteiger partial charge is 0.464 e. The van der Waals surface area contributed by atoms with E-state index in [9.17, 15) is 24.0 Å². The summed E-state index contributed by atoms with van der Waals surface area (Å²) in [5.74, 6) is -2.57. The first kappa shape index (κ1) is 51.2. The molecule has 1 unspecified atom stereocenters. The maximum absolute atomic E-state index is 14.8. The number of carbonyl (C=O) groups excluding carboxylic acids is 5. The molecule has 2 fully saturated rings. The SMILES string of the molecule is C=CC(=O)N1CC[C@H](C(=O)N(C)C(C(=O)N[C@H]2Cc3cccc(c3)-c3ccc4c(c3)c(c(-c3cc(C5=CCNCC5)cnc3[C@H](C)OC)n4CC)CC(C)(C)COC(=O)[C@@H]3CCCN(N3)C2=O)C(C)C)C1. The Labute approximate surface area is 418 Å². The zero-order valence-electron chi connectivity index (χ0n) is 42.8. The Morgan fingerprint density at radius 2 is 1.85 bits per heavy atom. The fraction of sp³-hybridized carbons (Fsp3) is 0.500. The number of carbonyl (C=O) groups is 5. The number of hydrogen-bond donors (Lipinski definition) is 3. The number of aryl methyl sites for hydroxylation is 1. The monoisotopic (exact) mass is 969 g/mol. The molecule has 6 bridgehead atoms. The van der Waals surface area contributed by atoms with Gasteiger partial charge in [0.2, 0.25) is 17.7 Å². The van der Waals surface area contributed by atoms with Crippen LogP contribution in [0.5, 0.6) is 0 Å². The van der Waals surface area contributed by atoms with E-state index in [0.717, 1.165) is 75.2 Å². The molecule has 6 heterocycles. The number of esters is 1. The van der Waals surface area contributed by atoms with E-state index in [2.05, 4.69) is 90.5 Å². The first-order chi connectivity index (χ1) is 34.0. The first-order valence-corrected chi connectivity index (χ1v) is 25.4. The van der Waals surface area contributed by atoms with Gasteiger partial charge < -0.3 is 34.5 Å². The minimum Gasteiger partial charge on any atom is -0.464 e. The number of nitrogens with zero attached hydrogens (tertiary/aromatic N) is 5. The average molecular weight is 969 g/mol. The standard InChI is InChI=1S/C56H72N8O7/c1-10-48(65)62-25-21-40(32-62)53(67)61(8)50(34(3)4)52(66)59-46-27-36-14-12-15-38(26-36)39-17-18-47-42(28-39)44(30-56(6,7)33-71-55(69)45-16-13-24-64(60-45)54(46)68)51(63(47)11-2)43-29-41(37-19-22-57-23-20-37)31-58-49(43)35(5)70-9/h10,12,14-15,17-19,26,28-29,31,34-35,40,45-46,50,57,60H,1,11,13,16,20-25,27,30,32-33H2,2-9H3,(H,59,66)/t35-,40-,45-,46-,50?/m0/s1. The van der Waals surface area contributed by atoms with Gasteiger partial charge in [0.25, 0.3) is 5.91 Å². The predicted molar refractivity (Wildman–Crippen MR) is 275 cm³/mol. The number of benzene rings is 2. The van der Waals surface area contributed by atoms with E-state index in [4.69, 9.17) is 14.5 Å². The van der Waals surface area contributed by atoms with Crippen LogP contribution in [0.15, 0.2) is 73.5 Å². The molecule has 15 heteroatoms. The number of likely N-dealkylation sites (tertiary alicyclic amines) is 1. The number of fused-ring (bicyclic) bond motifs is 6. The minimum absolute atomic E-state index is 0.127. The van der Waals surface area contributed by atoms with Crippen molar-refractivity contribution in [3.8, 4) is 22.4 Å². The normalized spacial score (nSPS) is 21.5. The summed E-state index contributed by atoms with van der Waals surface area (Å²) in [5.41, 5.74) is 12.9. The predicted octanol–water partition coefficient (Wildman–Crippen LogP) is 6.64. The number of hydrazine groups is 1. The van der Waals surface area contributed by atoms with Crippen LogP contribution in [0.2, 0.25) is 0 Å². The molecule has 0 radical (unpaired) electrons. The fourth-order valence-corrected chi connectivity index (χ4v) is 11.0. The third kappa shape index (κ3) is 10.9. The van der Waals surface area contributed by atoms with Gasteiger partial charge in [-0.2, -0.15) is 0 Å². The van der Waals surface area contributed by atoms with Crippen LogP contribution in [-0.4, -0.2) is 126 Å². The molecule has 2 saturated heterocycles. The number of methoxy groups -OCH3 is 1. The smallest absolute Gasteiger partial charge is 0.324 e. The molecular formula is C56H72N8O7. The van der Waals surface area contributed by atoms with E-state index >= 15 is 0 Å². The molecule has 5 atom stereocenters. The van der Waals surface area contributed by atoms with E-state index < -0.39 is 47.2 Å². The number of likely N-dealkylation sites (N-methyl/N-ethyl adjacent to an activating group) is 1. The Balaban J connectivity index is 1.21. The summed E-state index contributed by atoms with van der Waals surface area (Å²) in [7, 11) is 3.33. The summed E-state index contributed by atoms with van der Waals surface area (Å²) >= 11 is 0. The second-order valence-corrected chi connectivity index (χ2v) is 20.9. The summed E-state index contributed by atoms with van der Waals surface area (Å²) in [6, 6.07) is 14.2. The maximum atomic E-state index is 14.8. The zero-order chi connectivity index (χ0) is 50.7.